The number of fused-ring (bicyclic) bond motifs is 1. The number of hydrogen-bond donors (Lipinski definition) is 1. The van der Waals surface area contributed by atoms with Crippen LogP contribution in [0.25, 0.3) is 11.0 Å². The highest BCUT2D eigenvalue weighted by Crippen LogP contribution is 2.29. The summed E-state index contributed by atoms with van der Waals surface area (Å²) in [5, 5.41) is 2.68. The van der Waals surface area contributed by atoms with E-state index in [1.165, 1.54) is 12.1 Å². The van der Waals surface area contributed by atoms with Crippen LogP contribution >= 0.6 is 0 Å². The van der Waals surface area contributed by atoms with Crippen molar-refractivity contribution in [3.63, 3.8) is 0 Å². The monoisotopic (exact) mass is 405 g/mol. The van der Waals surface area contributed by atoms with Crippen LogP contribution in [0.1, 0.15) is 30.9 Å². The number of benzene rings is 2. The van der Waals surface area contributed by atoms with E-state index in [-0.39, 0.29) is 31.1 Å². The van der Waals surface area contributed by atoms with Gasteiger partial charge in [-0.1, -0.05) is 31.2 Å². The van der Waals surface area contributed by atoms with Crippen molar-refractivity contribution in [3.05, 3.63) is 70.1 Å². The summed E-state index contributed by atoms with van der Waals surface area (Å²) in [6, 6.07) is 12.1. The summed E-state index contributed by atoms with van der Waals surface area (Å²) in [5.74, 6) is -0.274. The lowest BCUT2D eigenvalue weighted by Crippen LogP contribution is -2.28. The van der Waals surface area contributed by atoms with Gasteiger partial charge in [0.05, 0.1) is 16.6 Å². The Labute approximate surface area is 165 Å². The maximum absolute atomic E-state index is 12.7. The molecule has 29 heavy (non-hydrogen) atoms. The Hall–Kier alpha value is -3.03. The first kappa shape index (κ1) is 20.7. The molecule has 2 aromatic carbocycles. The number of amides is 1. The van der Waals surface area contributed by atoms with Crippen LogP contribution in [0.4, 0.5) is 13.2 Å². The minimum atomic E-state index is -4.38. The summed E-state index contributed by atoms with van der Waals surface area (Å²) in [6.45, 7) is 2.96. The van der Waals surface area contributed by atoms with Gasteiger partial charge in [-0.25, -0.2) is 4.79 Å². The molecule has 3 aromatic rings. The van der Waals surface area contributed by atoms with E-state index in [0.717, 1.165) is 29.6 Å². The van der Waals surface area contributed by atoms with Crippen molar-refractivity contribution in [2.75, 3.05) is 0 Å². The van der Waals surface area contributed by atoms with E-state index in [4.69, 9.17) is 0 Å². The van der Waals surface area contributed by atoms with Crippen LogP contribution in [0.3, 0.4) is 0 Å². The van der Waals surface area contributed by atoms with E-state index in [2.05, 4.69) is 5.32 Å². The SMILES string of the molecule is CCCn1c(=O)n(CCC(=O)NCc2ccc(C(F)(F)F)cc2)c2ccccc21. The number of carbonyl (C=O) groups is 1. The van der Waals surface area contributed by atoms with Gasteiger partial charge in [-0.05, 0) is 36.2 Å². The first-order chi connectivity index (χ1) is 13.8. The molecule has 0 aliphatic rings. The van der Waals surface area contributed by atoms with Crippen LogP contribution in [0, 0.1) is 0 Å². The zero-order valence-corrected chi connectivity index (χ0v) is 16.0. The van der Waals surface area contributed by atoms with Gasteiger partial charge in [-0.15, -0.1) is 0 Å². The highest BCUT2D eigenvalue weighted by atomic mass is 19.4. The lowest BCUT2D eigenvalue weighted by Gasteiger charge is -2.09. The molecule has 1 N–H and O–H groups in total. The van der Waals surface area contributed by atoms with Crippen LogP contribution in [0.5, 0.6) is 0 Å². The number of halogens is 3. The largest absolute Gasteiger partial charge is 0.416 e. The predicted octanol–water partition coefficient (Wildman–Crippen LogP) is 3.94. The third-order valence-corrected chi connectivity index (χ3v) is 4.71. The van der Waals surface area contributed by atoms with Gasteiger partial charge in [0, 0.05) is 26.1 Å². The van der Waals surface area contributed by atoms with E-state index < -0.39 is 11.7 Å². The van der Waals surface area contributed by atoms with Crippen molar-refractivity contribution < 1.29 is 18.0 Å². The van der Waals surface area contributed by atoms with E-state index in [1.54, 1.807) is 9.13 Å². The molecule has 0 radical (unpaired) electrons. The molecule has 1 heterocycles. The summed E-state index contributed by atoms with van der Waals surface area (Å²) in [6.07, 6.45) is -3.46. The van der Waals surface area contributed by atoms with Crippen LogP contribution < -0.4 is 11.0 Å². The molecule has 0 spiro atoms. The fraction of sp³-hybridized carbons (Fsp3) is 0.333. The minimum absolute atomic E-state index is 0.0979. The molecule has 0 aliphatic heterocycles. The number of hydrogen-bond acceptors (Lipinski definition) is 2. The number of para-hydroxylation sites is 2. The zero-order valence-electron chi connectivity index (χ0n) is 16.0. The molecule has 1 amide bonds. The molecule has 8 heteroatoms. The number of rotatable bonds is 7. The lowest BCUT2D eigenvalue weighted by molar-refractivity contribution is -0.137. The number of aryl methyl sites for hydroxylation is 2. The van der Waals surface area contributed by atoms with E-state index in [0.29, 0.717) is 12.1 Å². The van der Waals surface area contributed by atoms with Crippen LogP contribution in [-0.2, 0) is 30.6 Å². The van der Waals surface area contributed by atoms with Crippen LogP contribution in [-0.4, -0.2) is 15.0 Å². The van der Waals surface area contributed by atoms with E-state index in [1.807, 2.05) is 31.2 Å². The normalized spacial score (nSPS) is 11.7. The summed E-state index contributed by atoms with van der Waals surface area (Å²) < 4.78 is 41.1. The molecular formula is C21H22F3N3O2. The average molecular weight is 405 g/mol. The molecule has 5 nitrogen and oxygen atoms in total. The number of alkyl halides is 3. The molecule has 0 aliphatic carbocycles. The van der Waals surface area contributed by atoms with Crippen molar-refractivity contribution in [1.82, 2.24) is 14.5 Å². The Balaban J connectivity index is 1.63. The summed E-state index contributed by atoms with van der Waals surface area (Å²) in [5.41, 5.74) is 1.31. The molecule has 3 rings (SSSR count). The van der Waals surface area contributed by atoms with Crippen molar-refractivity contribution in [2.24, 2.45) is 0 Å². The quantitative estimate of drug-likeness (QED) is 0.647. The van der Waals surface area contributed by atoms with Crippen molar-refractivity contribution >= 4 is 16.9 Å². The highest BCUT2D eigenvalue weighted by Gasteiger charge is 2.29. The molecule has 0 unspecified atom stereocenters. The van der Waals surface area contributed by atoms with Gasteiger partial charge >= 0.3 is 11.9 Å². The second kappa shape index (κ2) is 8.55. The standard InChI is InChI=1S/C21H22F3N3O2/c1-2-12-26-17-5-3-4-6-18(17)27(20(26)29)13-11-19(28)25-14-15-7-9-16(10-8-15)21(22,23)24/h3-10H,2,11-14H2,1H3,(H,25,28). The second-order valence-corrected chi connectivity index (χ2v) is 6.80. The Morgan fingerprint density at radius 3 is 2.10 bits per heavy atom. The Morgan fingerprint density at radius 1 is 0.966 bits per heavy atom. The molecule has 0 atom stereocenters. The minimum Gasteiger partial charge on any atom is -0.352 e. The second-order valence-electron chi connectivity index (χ2n) is 6.80. The van der Waals surface area contributed by atoms with E-state index >= 15 is 0 Å². The Morgan fingerprint density at radius 2 is 1.55 bits per heavy atom. The summed E-state index contributed by atoms with van der Waals surface area (Å²) >= 11 is 0. The number of carbonyl (C=O) groups excluding carboxylic acids is 1. The third kappa shape index (κ3) is 4.70. The first-order valence-corrected chi connectivity index (χ1v) is 9.42. The Kier molecular flexibility index (Phi) is 6.10. The number of imidazole rings is 1. The molecular weight excluding hydrogens is 383 g/mol. The van der Waals surface area contributed by atoms with Crippen molar-refractivity contribution in [2.45, 2.75) is 45.6 Å². The van der Waals surface area contributed by atoms with Gasteiger partial charge < -0.3 is 5.32 Å². The Bertz CT molecular complexity index is 1050. The highest BCUT2D eigenvalue weighted by molar-refractivity contribution is 5.78. The van der Waals surface area contributed by atoms with Gasteiger partial charge in [0.15, 0.2) is 0 Å². The van der Waals surface area contributed by atoms with Crippen LogP contribution in [0.2, 0.25) is 0 Å². The van der Waals surface area contributed by atoms with Crippen molar-refractivity contribution in [1.29, 1.82) is 0 Å². The number of nitrogens with one attached hydrogen (secondary N) is 1. The van der Waals surface area contributed by atoms with Gasteiger partial charge in [0.1, 0.15) is 0 Å². The summed E-state index contributed by atoms with van der Waals surface area (Å²) in [7, 11) is 0. The van der Waals surface area contributed by atoms with Crippen molar-refractivity contribution in [3.8, 4) is 0 Å². The maximum Gasteiger partial charge on any atom is 0.416 e. The average Bonchev–Trinajstić information content (AvgIpc) is 2.96. The van der Waals surface area contributed by atoms with Gasteiger partial charge in [-0.3, -0.25) is 13.9 Å². The van der Waals surface area contributed by atoms with Gasteiger partial charge in [0.25, 0.3) is 0 Å². The van der Waals surface area contributed by atoms with Gasteiger partial charge in [0.2, 0.25) is 5.91 Å². The molecule has 1 aromatic heterocycles. The fourth-order valence-corrected chi connectivity index (χ4v) is 3.24. The maximum atomic E-state index is 12.7. The summed E-state index contributed by atoms with van der Waals surface area (Å²) in [4.78, 5) is 24.9. The fourth-order valence-electron chi connectivity index (χ4n) is 3.24. The zero-order chi connectivity index (χ0) is 21.0. The molecule has 0 fully saturated rings. The topological polar surface area (TPSA) is 56.0 Å². The van der Waals surface area contributed by atoms with E-state index in [9.17, 15) is 22.8 Å². The number of nitrogens with zero attached hydrogens (tertiary/aromatic N) is 2. The molecule has 0 bridgehead atoms. The smallest absolute Gasteiger partial charge is 0.352 e. The third-order valence-electron chi connectivity index (χ3n) is 4.71. The number of aromatic nitrogens is 2. The molecule has 0 saturated heterocycles. The van der Waals surface area contributed by atoms with Gasteiger partial charge in [-0.2, -0.15) is 13.2 Å². The molecule has 154 valence electrons. The van der Waals surface area contributed by atoms with Crippen LogP contribution in [0.15, 0.2) is 53.3 Å². The molecule has 0 saturated carbocycles. The predicted molar refractivity (Wildman–Crippen MR) is 104 cm³/mol. The lowest BCUT2D eigenvalue weighted by atomic mass is 10.1. The first-order valence-electron chi connectivity index (χ1n) is 9.42.